The third-order valence-corrected chi connectivity index (χ3v) is 5.67. The van der Waals surface area contributed by atoms with Crippen LogP contribution in [0, 0.1) is 6.92 Å². The number of rotatable bonds is 4. The number of methoxy groups -OCH3 is 1. The van der Waals surface area contributed by atoms with Crippen LogP contribution in [-0.2, 0) is 0 Å². The first-order chi connectivity index (χ1) is 12.8. The van der Waals surface area contributed by atoms with Gasteiger partial charge >= 0.3 is 0 Å². The Balaban J connectivity index is 1.68. The molecule has 26 heavy (non-hydrogen) atoms. The maximum absolute atomic E-state index is 5.41. The van der Waals surface area contributed by atoms with Gasteiger partial charge in [-0.05, 0) is 61.1 Å². The molecule has 0 amide bonds. The van der Waals surface area contributed by atoms with Gasteiger partial charge in [0, 0.05) is 17.4 Å². The second kappa shape index (κ2) is 7.41. The first kappa shape index (κ1) is 17.0. The number of hydrogen-bond donors (Lipinski definition) is 0. The van der Waals surface area contributed by atoms with Crippen molar-refractivity contribution in [3.05, 3.63) is 71.9 Å². The van der Waals surface area contributed by atoms with Crippen LogP contribution in [0.25, 0.3) is 16.9 Å². The van der Waals surface area contributed by atoms with Crippen LogP contribution in [0.2, 0.25) is 0 Å². The van der Waals surface area contributed by atoms with Gasteiger partial charge in [-0.3, -0.25) is 0 Å². The molecule has 0 unspecified atom stereocenters. The van der Waals surface area contributed by atoms with Gasteiger partial charge in [0.15, 0.2) is 0 Å². The largest absolute Gasteiger partial charge is 0.497 e. The minimum Gasteiger partial charge on any atom is -0.497 e. The van der Waals surface area contributed by atoms with Gasteiger partial charge < -0.3 is 9.30 Å². The fourth-order valence-corrected chi connectivity index (χ4v) is 4.22. The average Bonchev–Trinajstić information content (AvgIpc) is 3.10. The van der Waals surface area contributed by atoms with Gasteiger partial charge in [0.25, 0.3) is 0 Å². The lowest BCUT2D eigenvalue weighted by Crippen LogP contribution is -2.04. The van der Waals surface area contributed by atoms with E-state index in [0.29, 0.717) is 0 Å². The molecule has 1 aliphatic rings. The second-order valence-corrected chi connectivity index (χ2v) is 7.35. The SMILES string of the molecule is COc1cccc(-n2c(C)ccc2-c2ccc(C3CCCCC3)cc2)c1. The van der Waals surface area contributed by atoms with Gasteiger partial charge in [0.05, 0.1) is 12.8 Å². The molecule has 2 heteroatoms. The van der Waals surface area contributed by atoms with E-state index < -0.39 is 0 Å². The number of aromatic nitrogens is 1. The summed E-state index contributed by atoms with van der Waals surface area (Å²) < 4.78 is 7.71. The zero-order valence-corrected chi connectivity index (χ0v) is 15.7. The van der Waals surface area contributed by atoms with E-state index in [2.05, 4.69) is 60.0 Å². The van der Waals surface area contributed by atoms with Gasteiger partial charge in [0.2, 0.25) is 0 Å². The Morgan fingerprint density at radius 2 is 1.65 bits per heavy atom. The summed E-state index contributed by atoms with van der Waals surface area (Å²) in [7, 11) is 1.71. The van der Waals surface area contributed by atoms with Crippen molar-refractivity contribution >= 4 is 0 Å². The molecular formula is C24H27NO. The third kappa shape index (κ3) is 3.29. The number of nitrogens with zero attached hydrogens (tertiary/aromatic N) is 1. The van der Waals surface area contributed by atoms with Crippen molar-refractivity contribution in [2.45, 2.75) is 44.9 Å². The first-order valence-corrected chi connectivity index (χ1v) is 9.69. The molecule has 1 heterocycles. The highest BCUT2D eigenvalue weighted by molar-refractivity contribution is 5.65. The van der Waals surface area contributed by atoms with E-state index in [4.69, 9.17) is 4.74 Å². The summed E-state index contributed by atoms with van der Waals surface area (Å²) >= 11 is 0. The molecule has 0 aliphatic heterocycles. The molecule has 0 radical (unpaired) electrons. The Bertz CT molecular complexity index is 869. The second-order valence-electron chi connectivity index (χ2n) is 7.35. The van der Waals surface area contributed by atoms with E-state index in [1.54, 1.807) is 7.11 Å². The maximum Gasteiger partial charge on any atom is 0.120 e. The molecule has 2 aromatic carbocycles. The van der Waals surface area contributed by atoms with Crippen LogP contribution in [0.5, 0.6) is 5.75 Å². The van der Waals surface area contributed by atoms with Gasteiger partial charge in [0.1, 0.15) is 5.75 Å². The molecule has 1 aromatic heterocycles. The Morgan fingerprint density at radius 1 is 0.885 bits per heavy atom. The summed E-state index contributed by atoms with van der Waals surface area (Å²) in [5, 5.41) is 0. The van der Waals surface area contributed by atoms with Crippen molar-refractivity contribution in [3.63, 3.8) is 0 Å². The van der Waals surface area contributed by atoms with E-state index >= 15 is 0 Å². The highest BCUT2D eigenvalue weighted by Crippen LogP contribution is 2.34. The van der Waals surface area contributed by atoms with Crippen molar-refractivity contribution in [3.8, 4) is 22.7 Å². The molecule has 0 spiro atoms. The summed E-state index contributed by atoms with van der Waals surface area (Å²) in [5.41, 5.74) is 6.36. The molecule has 0 saturated heterocycles. The van der Waals surface area contributed by atoms with E-state index in [-0.39, 0.29) is 0 Å². The molecule has 3 aromatic rings. The van der Waals surface area contributed by atoms with Crippen molar-refractivity contribution in [2.75, 3.05) is 7.11 Å². The molecule has 2 nitrogen and oxygen atoms in total. The lowest BCUT2D eigenvalue weighted by Gasteiger charge is -2.22. The van der Waals surface area contributed by atoms with Crippen molar-refractivity contribution in [1.82, 2.24) is 4.57 Å². The average molecular weight is 345 g/mol. The van der Waals surface area contributed by atoms with Crippen LogP contribution in [-0.4, -0.2) is 11.7 Å². The number of benzene rings is 2. The maximum atomic E-state index is 5.41. The van der Waals surface area contributed by atoms with Crippen LogP contribution >= 0.6 is 0 Å². The van der Waals surface area contributed by atoms with E-state index in [1.165, 1.54) is 54.6 Å². The first-order valence-electron chi connectivity index (χ1n) is 9.69. The van der Waals surface area contributed by atoms with Gasteiger partial charge in [-0.1, -0.05) is 49.6 Å². The number of hydrogen-bond acceptors (Lipinski definition) is 1. The molecule has 1 fully saturated rings. The topological polar surface area (TPSA) is 14.2 Å². The minimum atomic E-state index is 0.754. The smallest absolute Gasteiger partial charge is 0.120 e. The van der Waals surface area contributed by atoms with E-state index in [0.717, 1.165) is 17.4 Å². The van der Waals surface area contributed by atoms with Crippen molar-refractivity contribution < 1.29 is 4.74 Å². The van der Waals surface area contributed by atoms with Crippen molar-refractivity contribution in [1.29, 1.82) is 0 Å². The highest BCUT2D eigenvalue weighted by atomic mass is 16.5. The summed E-state index contributed by atoms with van der Waals surface area (Å²) in [6.45, 7) is 2.15. The van der Waals surface area contributed by atoms with Crippen LogP contribution in [0.3, 0.4) is 0 Å². The lowest BCUT2D eigenvalue weighted by molar-refractivity contribution is 0.414. The number of ether oxygens (including phenoxy) is 1. The molecule has 0 bridgehead atoms. The van der Waals surface area contributed by atoms with E-state index in [9.17, 15) is 0 Å². The molecule has 0 atom stereocenters. The normalized spacial score (nSPS) is 15.2. The Labute approximate surface area is 156 Å². The quantitative estimate of drug-likeness (QED) is 0.526. The van der Waals surface area contributed by atoms with Crippen molar-refractivity contribution in [2.24, 2.45) is 0 Å². The standard InChI is InChI=1S/C24H27NO/c1-18-11-16-24(25(18)22-9-6-10-23(17-22)26-2)21-14-12-20(13-15-21)19-7-4-3-5-8-19/h6,9-17,19H,3-5,7-8H2,1-2H3. The van der Waals surface area contributed by atoms with Gasteiger partial charge in [-0.2, -0.15) is 0 Å². The predicted octanol–water partition coefficient (Wildman–Crippen LogP) is 6.51. The minimum absolute atomic E-state index is 0.754. The Morgan fingerprint density at radius 3 is 2.38 bits per heavy atom. The van der Waals surface area contributed by atoms with Gasteiger partial charge in [-0.15, -0.1) is 0 Å². The highest BCUT2D eigenvalue weighted by Gasteiger charge is 2.16. The third-order valence-electron chi connectivity index (χ3n) is 5.67. The molecule has 134 valence electrons. The fraction of sp³-hybridized carbons (Fsp3) is 0.333. The summed E-state index contributed by atoms with van der Waals surface area (Å²) in [6, 6.07) is 21.9. The van der Waals surface area contributed by atoms with Crippen LogP contribution < -0.4 is 4.74 Å². The summed E-state index contributed by atoms with van der Waals surface area (Å²) in [5.74, 6) is 1.64. The van der Waals surface area contributed by atoms with Gasteiger partial charge in [-0.25, -0.2) is 0 Å². The molecule has 1 saturated carbocycles. The van der Waals surface area contributed by atoms with E-state index in [1.807, 2.05) is 12.1 Å². The Hall–Kier alpha value is -2.48. The summed E-state index contributed by atoms with van der Waals surface area (Å²) in [4.78, 5) is 0. The van der Waals surface area contributed by atoms with Crippen LogP contribution in [0.1, 0.15) is 49.3 Å². The Kier molecular flexibility index (Phi) is 4.83. The number of aryl methyl sites for hydroxylation is 1. The molecule has 4 rings (SSSR count). The lowest BCUT2D eigenvalue weighted by atomic mass is 9.84. The summed E-state index contributed by atoms with van der Waals surface area (Å²) in [6.07, 6.45) is 6.85. The monoisotopic (exact) mass is 345 g/mol. The molecular weight excluding hydrogens is 318 g/mol. The van der Waals surface area contributed by atoms with Crippen LogP contribution in [0.4, 0.5) is 0 Å². The van der Waals surface area contributed by atoms with Crippen LogP contribution in [0.15, 0.2) is 60.7 Å². The zero-order valence-electron chi connectivity index (χ0n) is 15.7. The zero-order chi connectivity index (χ0) is 17.9. The fourth-order valence-electron chi connectivity index (χ4n) is 4.22. The predicted molar refractivity (Wildman–Crippen MR) is 108 cm³/mol. The molecule has 1 aliphatic carbocycles. The molecule has 0 N–H and O–H groups in total.